The van der Waals surface area contributed by atoms with Crippen LogP contribution in [-0.4, -0.2) is 58.4 Å². The molecule has 2 aromatic rings. The van der Waals surface area contributed by atoms with Gasteiger partial charge in [-0.3, -0.25) is 4.79 Å². The maximum absolute atomic E-state index is 12.3. The Bertz CT molecular complexity index is 965. The van der Waals surface area contributed by atoms with Crippen molar-refractivity contribution < 1.29 is 14.6 Å². The first kappa shape index (κ1) is 20.1. The Morgan fingerprint density at radius 3 is 2.60 bits per heavy atom. The van der Waals surface area contributed by atoms with E-state index in [1.165, 1.54) is 4.90 Å². The highest BCUT2D eigenvalue weighted by Crippen LogP contribution is 2.29. The maximum Gasteiger partial charge on any atom is 0.273 e. The molecule has 1 unspecified atom stereocenters. The van der Waals surface area contributed by atoms with Gasteiger partial charge in [0.15, 0.2) is 0 Å². The Balaban J connectivity index is 1.46. The summed E-state index contributed by atoms with van der Waals surface area (Å²) < 4.78 is 5.78. The van der Waals surface area contributed by atoms with E-state index >= 15 is 0 Å². The fourth-order valence-electron chi connectivity index (χ4n) is 3.88. The molecule has 1 amide bonds. The molecule has 2 fully saturated rings. The average Bonchev–Trinajstić information content (AvgIpc) is 3.03. The first-order chi connectivity index (χ1) is 14.4. The fourth-order valence-corrected chi connectivity index (χ4v) is 3.88. The van der Waals surface area contributed by atoms with Gasteiger partial charge in [-0.2, -0.15) is 5.26 Å². The van der Waals surface area contributed by atoms with E-state index in [0.29, 0.717) is 17.3 Å². The van der Waals surface area contributed by atoms with Crippen LogP contribution in [0.1, 0.15) is 20.3 Å². The number of nitrogens with one attached hydrogen (secondary N) is 1. The van der Waals surface area contributed by atoms with Crippen molar-refractivity contribution in [2.24, 2.45) is 0 Å². The van der Waals surface area contributed by atoms with Gasteiger partial charge in [0.25, 0.3) is 5.91 Å². The van der Waals surface area contributed by atoms with Crippen LogP contribution in [0.25, 0.3) is 0 Å². The molecule has 2 saturated heterocycles. The maximum atomic E-state index is 12.3. The summed E-state index contributed by atoms with van der Waals surface area (Å²) in [6.45, 7) is 6.04. The molecule has 4 rings (SSSR count). The molecule has 9 heteroatoms. The van der Waals surface area contributed by atoms with Crippen molar-refractivity contribution in [3.05, 3.63) is 36.7 Å². The van der Waals surface area contributed by atoms with Crippen molar-refractivity contribution in [3.8, 4) is 6.07 Å². The molecule has 2 aliphatic rings. The van der Waals surface area contributed by atoms with Crippen molar-refractivity contribution in [2.75, 3.05) is 34.8 Å². The summed E-state index contributed by atoms with van der Waals surface area (Å²) in [5, 5.41) is 22.3. The number of pyridine rings is 2. The van der Waals surface area contributed by atoms with Crippen LogP contribution >= 0.6 is 0 Å². The van der Waals surface area contributed by atoms with E-state index < -0.39 is 11.5 Å². The van der Waals surface area contributed by atoms with Crippen LogP contribution in [0.5, 0.6) is 0 Å². The van der Waals surface area contributed by atoms with Gasteiger partial charge >= 0.3 is 0 Å². The normalized spacial score (nSPS) is 26.5. The summed E-state index contributed by atoms with van der Waals surface area (Å²) >= 11 is 0. The summed E-state index contributed by atoms with van der Waals surface area (Å²) in [5.74, 6) is 0.527. The van der Waals surface area contributed by atoms with Crippen molar-refractivity contribution in [3.63, 3.8) is 0 Å². The molecule has 2 aromatic heterocycles. The number of hydrogen-bond donors (Lipinski definition) is 2. The van der Waals surface area contributed by atoms with Gasteiger partial charge in [-0.1, -0.05) is 0 Å². The molecule has 2 N–H and O–H groups in total. The first-order valence-corrected chi connectivity index (χ1v) is 9.93. The Morgan fingerprint density at radius 2 is 1.97 bits per heavy atom. The molecule has 2 aliphatic heterocycles. The van der Waals surface area contributed by atoms with Crippen molar-refractivity contribution >= 4 is 28.9 Å². The lowest BCUT2D eigenvalue weighted by Crippen LogP contribution is -2.45. The van der Waals surface area contributed by atoms with Gasteiger partial charge in [-0.15, -0.1) is 0 Å². The van der Waals surface area contributed by atoms with Gasteiger partial charge in [-0.25, -0.2) is 9.97 Å². The second kappa shape index (κ2) is 7.89. The summed E-state index contributed by atoms with van der Waals surface area (Å²) in [7, 11) is 0. The fraction of sp³-hybridized carbons (Fsp3) is 0.429. The SMILES string of the molecule is CC1CN(c2ccc(Nc3cc(N4CC[C@](O)(C#N)C4=O)ccn3)nc2)C[C@@H](C)O1. The van der Waals surface area contributed by atoms with Crippen LogP contribution in [0.15, 0.2) is 36.7 Å². The molecule has 30 heavy (non-hydrogen) atoms. The molecule has 0 saturated carbocycles. The molecule has 9 nitrogen and oxygen atoms in total. The van der Waals surface area contributed by atoms with Crippen LogP contribution in [0, 0.1) is 11.3 Å². The quantitative estimate of drug-likeness (QED) is 0.737. The third-order valence-electron chi connectivity index (χ3n) is 5.33. The molecule has 156 valence electrons. The van der Waals surface area contributed by atoms with Gasteiger partial charge < -0.3 is 25.0 Å². The standard InChI is InChI=1S/C21H24N6O3/c1-14-11-26(12-15(2)30-14)17-3-4-18(24-10-17)25-19-9-16(5-7-23-19)27-8-6-21(29,13-22)20(27)28/h3-5,7,9-10,14-15,29H,6,8,11-12H2,1-2H3,(H,23,24,25)/t14-,15?,21+/m1/s1. The van der Waals surface area contributed by atoms with E-state index in [1.807, 2.05) is 18.3 Å². The third kappa shape index (κ3) is 3.92. The molecule has 0 aromatic carbocycles. The van der Waals surface area contributed by atoms with Gasteiger partial charge in [-0.05, 0) is 32.0 Å². The number of amides is 1. The Hall–Kier alpha value is -3.22. The predicted octanol–water partition coefficient (Wildman–Crippen LogP) is 1.83. The molecule has 0 spiro atoms. The van der Waals surface area contributed by atoms with E-state index in [0.717, 1.165) is 18.8 Å². The summed E-state index contributed by atoms with van der Waals surface area (Å²) in [6, 6.07) is 8.94. The number of hydrogen-bond acceptors (Lipinski definition) is 8. The second-order valence-corrected chi connectivity index (χ2v) is 7.77. The van der Waals surface area contributed by atoms with Gasteiger partial charge in [0.2, 0.25) is 5.60 Å². The van der Waals surface area contributed by atoms with E-state index in [4.69, 9.17) is 10.00 Å². The molecule has 3 atom stereocenters. The number of anilines is 4. The largest absolute Gasteiger partial charge is 0.372 e. The van der Waals surface area contributed by atoms with Crippen LogP contribution in [0.4, 0.5) is 23.0 Å². The monoisotopic (exact) mass is 408 g/mol. The molecular weight excluding hydrogens is 384 g/mol. The van der Waals surface area contributed by atoms with E-state index in [2.05, 4.69) is 34.0 Å². The number of carbonyl (C=O) groups is 1. The molecule has 0 radical (unpaired) electrons. The lowest BCUT2D eigenvalue weighted by molar-refractivity contribution is -0.128. The second-order valence-electron chi connectivity index (χ2n) is 7.77. The summed E-state index contributed by atoms with van der Waals surface area (Å²) in [6.07, 6.45) is 3.80. The smallest absolute Gasteiger partial charge is 0.273 e. The zero-order chi connectivity index (χ0) is 21.3. The lowest BCUT2D eigenvalue weighted by atomic mass is 10.1. The highest BCUT2D eigenvalue weighted by Gasteiger charge is 2.46. The number of morpholine rings is 1. The first-order valence-electron chi connectivity index (χ1n) is 9.93. The molecule has 0 aliphatic carbocycles. The number of aliphatic hydroxyl groups is 1. The Kier molecular flexibility index (Phi) is 5.28. The average molecular weight is 408 g/mol. The predicted molar refractivity (Wildman–Crippen MR) is 112 cm³/mol. The minimum atomic E-state index is -1.96. The van der Waals surface area contributed by atoms with Crippen LogP contribution in [-0.2, 0) is 9.53 Å². The van der Waals surface area contributed by atoms with E-state index in [9.17, 15) is 9.90 Å². The summed E-state index contributed by atoms with van der Waals surface area (Å²) in [5.41, 5.74) is -0.359. The Labute approximate surface area is 174 Å². The topological polar surface area (TPSA) is 115 Å². The van der Waals surface area contributed by atoms with Crippen molar-refractivity contribution in [1.82, 2.24) is 9.97 Å². The number of ether oxygens (including phenoxy) is 1. The molecule has 0 bridgehead atoms. The van der Waals surface area contributed by atoms with Crippen LogP contribution in [0.3, 0.4) is 0 Å². The number of carbonyl (C=O) groups excluding carboxylic acids is 1. The minimum Gasteiger partial charge on any atom is -0.372 e. The number of nitriles is 1. The van der Waals surface area contributed by atoms with Crippen LogP contribution in [0.2, 0.25) is 0 Å². The molecular formula is C21H24N6O3. The van der Waals surface area contributed by atoms with Crippen LogP contribution < -0.4 is 15.1 Å². The van der Waals surface area contributed by atoms with E-state index in [-0.39, 0.29) is 25.2 Å². The molecule has 4 heterocycles. The lowest BCUT2D eigenvalue weighted by Gasteiger charge is -2.36. The number of rotatable bonds is 4. The number of nitrogens with zero attached hydrogens (tertiary/aromatic N) is 5. The zero-order valence-electron chi connectivity index (χ0n) is 16.9. The highest BCUT2D eigenvalue weighted by molar-refractivity contribution is 6.03. The van der Waals surface area contributed by atoms with Gasteiger partial charge in [0, 0.05) is 44.0 Å². The minimum absolute atomic E-state index is 0.0786. The highest BCUT2D eigenvalue weighted by atomic mass is 16.5. The summed E-state index contributed by atoms with van der Waals surface area (Å²) in [4.78, 5) is 24.8. The van der Waals surface area contributed by atoms with Crippen molar-refractivity contribution in [2.45, 2.75) is 38.1 Å². The zero-order valence-corrected chi connectivity index (χ0v) is 16.9. The third-order valence-corrected chi connectivity index (χ3v) is 5.33. The van der Waals surface area contributed by atoms with Gasteiger partial charge in [0.1, 0.15) is 17.7 Å². The van der Waals surface area contributed by atoms with E-state index in [1.54, 1.807) is 24.4 Å². The van der Waals surface area contributed by atoms with Crippen molar-refractivity contribution in [1.29, 1.82) is 5.26 Å². The number of aromatic nitrogens is 2. The Morgan fingerprint density at radius 1 is 1.20 bits per heavy atom. The van der Waals surface area contributed by atoms with Gasteiger partial charge in [0.05, 0.1) is 24.1 Å².